The minimum Gasteiger partial charge on any atom is -0.323 e. The summed E-state index contributed by atoms with van der Waals surface area (Å²) in [5, 5.41) is 0.500. The van der Waals surface area contributed by atoms with Crippen LogP contribution in [0.5, 0.6) is 0 Å². The highest BCUT2D eigenvalue weighted by Crippen LogP contribution is 2.36. The molecular weight excluding hydrogens is 355 g/mol. The summed E-state index contributed by atoms with van der Waals surface area (Å²) in [6.07, 6.45) is 0.560. The van der Waals surface area contributed by atoms with Crippen LogP contribution < -0.4 is 0 Å². The minimum absolute atomic E-state index is 0.106. The van der Waals surface area contributed by atoms with Gasteiger partial charge in [0.15, 0.2) is 9.84 Å². The van der Waals surface area contributed by atoms with E-state index in [1.807, 2.05) is 11.5 Å². The molecule has 3 rings (SSSR count). The lowest BCUT2D eigenvalue weighted by molar-refractivity contribution is 0.545. The first-order valence-corrected chi connectivity index (χ1v) is 9.51. The summed E-state index contributed by atoms with van der Waals surface area (Å²) in [6, 6.07) is 3.25. The highest BCUT2D eigenvalue weighted by atomic mass is 35.5. The fraction of sp³-hybridized carbons (Fsp3) is 0.462. The van der Waals surface area contributed by atoms with Gasteiger partial charge in [0.1, 0.15) is 5.82 Å². The topological polar surface area (TPSA) is 52.0 Å². The highest BCUT2D eigenvalue weighted by molar-refractivity contribution is 7.91. The third-order valence-corrected chi connectivity index (χ3v) is 6.36. The fourth-order valence-corrected chi connectivity index (χ4v) is 4.92. The Kier molecular flexibility index (Phi) is 3.89. The maximum Gasteiger partial charge on any atom is 0.152 e. The molecule has 0 N–H and O–H groups in total. The largest absolute Gasteiger partial charge is 0.323 e. The molecule has 1 fully saturated rings. The smallest absolute Gasteiger partial charge is 0.152 e. The van der Waals surface area contributed by atoms with E-state index in [0.717, 1.165) is 5.52 Å². The number of rotatable bonds is 2. The molecular formula is C13H13Cl3N2O2S. The van der Waals surface area contributed by atoms with E-state index in [2.05, 4.69) is 4.98 Å². The molecule has 8 heteroatoms. The second-order valence-electron chi connectivity index (χ2n) is 5.27. The van der Waals surface area contributed by atoms with E-state index in [1.165, 1.54) is 0 Å². The number of alkyl halides is 1. The molecule has 0 saturated carbocycles. The quantitative estimate of drug-likeness (QED) is 0.754. The summed E-state index contributed by atoms with van der Waals surface area (Å²) < 4.78 is 25.4. The summed E-state index contributed by atoms with van der Waals surface area (Å²) in [5.74, 6) is 0.941. The molecule has 1 saturated heterocycles. The maximum absolute atomic E-state index is 11.8. The van der Waals surface area contributed by atoms with Crippen LogP contribution in [0.15, 0.2) is 12.1 Å². The maximum atomic E-state index is 11.8. The molecule has 2 heterocycles. The Balaban J connectivity index is 2.23. The van der Waals surface area contributed by atoms with Crippen LogP contribution in [0.1, 0.15) is 30.6 Å². The molecule has 2 aromatic rings. The number of imidazole rings is 1. The zero-order valence-electron chi connectivity index (χ0n) is 11.2. The summed E-state index contributed by atoms with van der Waals surface area (Å²) >= 11 is 18.3. The Hall–Kier alpha value is -0.490. The number of fused-ring (bicyclic) bond motifs is 1. The van der Waals surface area contributed by atoms with E-state index in [1.54, 1.807) is 12.1 Å². The van der Waals surface area contributed by atoms with Gasteiger partial charge in [-0.1, -0.05) is 23.2 Å². The molecule has 4 nitrogen and oxygen atoms in total. The zero-order valence-corrected chi connectivity index (χ0v) is 14.3. The standard InChI is InChI=1S/C13H13Cl3N2O2S/c1-7(14)13-17-11-4-9(15)10(16)5-12(11)18(13)8-2-3-21(19,20)6-8/h4-5,7-8H,2-3,6H2,1H3. The van der Waals surface area contributed by atoms with Crippen molar-refractivity contribution in [3.8, 4) is 0 Å². The van der Waals surface area contributed by atoms with Gasteiger partial charge in [0.25, 0.3) is 0 Å². The van der Waals surface area contributed by atoms with Gasteiger partial charge in [0.2, 0.25) is 0 Å². The Bertz CT molecular complexity index is 814. The molecule has 2 atom stereocenters. The summed E-state index contributed by atoms with van der Waals surface area (Å²) in [5.41, 5.74) is 1.45. The van der Waals surface area contributed by atoms with Gasteiger partial charge in [-0.25, -0.2) is 13.4 Å². The van der Waals surface area contributed by atoms with E-state index in [-0.39, 0.29) is 22.9 Å². The Labute approximate surface area is 137 Å². The van der Waals surface area contributed by atoms with Gasteiger partial charge in [-0.05, 0) is 25.5 Å². The molecule has 114 valence electrons. The first-order valence-electron chi connectivity index (χ1n) is 6.50. The lowest BCUT2D eigenvalue weighted by Gasteiger charge is -2.16. The van der Waals surface area contributed by atoms with Gasteiger partial charge in [-0.3, -0.25) is 0 Å². The molecule has 0 aliphatic carbocycles. The number of halogens is 3. The Morgan fingerprint density at radius 1 is 1.33 bits per heavy atom. The van der Waals surface area contributed by atoms with E-state index in [9.17, 15) is 8.42 Å². The minimum atomic E-state index is -3.00. The SMILES string of the molecule is CC(Cl)c1nc2cc(Cl)c(Cl)cc2n1C1CCS(=O)(=O)C1. The molecule has 0 radical (unpaired) electrons. The summed E-state index contributed by atoms with van der Waals surface area (Å²) in [4.78, 5) is 4.50. The first-order chi connectivity index (χ1) is 9.78. The van der Waals surface area contributed by atoms with Crippen LogP contribution in [0.4, 0.5) is 0 Å². The van der Waals surface area contributed by atoms with Crippen LogP contribution in [0.25, 0.3) is 11.0 Å². The van der Waals surface area contributed by atoms with Crippen LogP contribution in [-0.4, -0.2) is 29.5 Å². The Morgan fingerprint density at radius 2 is 2.00 bits per heavy atom. The number of aromatic nitrogens is 2. The van der Waals surface area contributed by atoms with Gasteiger partial charge < -0.3 is 4.57 Å². The summed E-state index contributed by atoms with van der Waals surface area (Å²) in [6.45, 7) is 1.81. The monoisotopic (exact) mass is 366 g/mol. The van der Waals surface area contributed by atoms with E-state index < -0.39 is 9.84 Å². The van der Waals surface area contributed by atoms with Crippen LogP contribution >= 0.6 is 34.8 Å². The molecule has 1 aromatic heterocycles. The van der Waals surface area contributed by atoms with Crippen molar-refractivity contribution in [1.29, 1.82) is 0 Å². The van der Waals surface area contributed by atoms with Crippen LogP contribution in [-0.2, 0) is 9.84 Å². The predicted molar refractivity (Wildman–Crippen MR) is 86.3 cm³/mol. The van der Waals surface area contributed by atoms with Crippen LogP contribution in [0, 0.1) is 0 Å². The molecule has 0 bridgehead atoms. The molecule has 0 spiro atoms. The van der Waals surface area contributed by atoms with Gasteiger partial charge in [-0.2, -0.15) is 0 Å². The van der Waals surface area contributed by atoms with Gasteiger partial charge in [0.05, 0.1) is 44.0 Å². The molecule has 0 amide bonds. The average Bonchev–Trinajstić information content (AvgIpc) is 2.90. The van der Waals surface area contributed by atoms with Crippen LogP contribution in [0.3, 0.4) is 0 Å². The van der Waals surface area contributed by atoms with Crippen molar-refractivity contribution >= 4 is 55.7 Å². The summed E-state index contributed by atoms with van der Waals surface area (Å²) in [7, 11) is -3.00. The van der Waals surface area contributed by atoms with E-state index >= 15 is 0 Å². The lowest BCUT2D eigenvalue weighted by atomic mass is 10.2. The highest BCUT2D eigenvalue weighted by Gasteiger charge is 2.32. The normalized spacial score (nSPS) is 22.8. The average molecular weight is 368 g/mol. The predicted octanol–water partition coefficient (Wildman–Crippen LogP) is 4.00. The number of nitrogens with zero attached hydrogens (tertiary/aromatic N) is 2. The third kappa shape index (κ3) is 2.77. The second kappa shape index (κ2) is 5.30. The van der Waals surface area contributed by atoms with Crippen molar-refractivity contribution in [3.05, 3.63) is 28.0 Å². The number of hydrogen-bond acceptors (Lipinski definition) is 3. The molecule has 1 aliphatic heterocycles. The van der Waals surface area contributed by atoms with Gasteiger partial charge in [-0.15, -0.1) is 11.6 Å². The second-order valence-corrected chi connectivity index (χ2v) is 8.97. The lowest BCUT2D eigenvalue weighted by Crippen LogP contribution is -2.14. The van der Waals surface area contributed by atoms with Crippen molar-refractivity contribution in [2.45, 2.75) is 24.8 Å². The van der Waals surface area contributed by atoms with Crippen LogP contribution in [0.2, 0.25) is 10.0 Å². The molecule has 21 heavy (non-hydrogen) atoms. The zero-order chi connectivity index (χ0) is 15.4. The van der Waals surface area contributed by atoms with Crippen molar-refractivity contribution in [2.75, 3.05) is 11.5 Å². The van der Waals surface area contributed by atoms with Crippen molar-refractivity contribution in [3.63, 3.8) is 0 Å². The number of sulfone groups is 1. The fourth-order valence-electron chi connectivity index (χ4n) is 2.75. The van der Waals surface area contributed by atoms with Crippen molar-refractivity contribution in [2.24, 2.45) is 0 Å². The molecule has 1 aromatic carbocycles. The molecule has 1 aliphatic rings. The molecule has 2 unspecified atom stereocenters. The number of hydrogen-bond donors (Lipinski definition) is 0. The van der Waals surface area contributed by atoms with Crippen molar-refractivity contribution < 1.29 is 8.42 Å². The van der Waals surface area contributed by atoms with E-state index in [4.69, 9.17) is 34.8 Å². The van der Waals surface area contributed by atoms with E-state index in [0.29, 0.717) is 27.8 Å². The van der Waals surface area contributed by atoms with Gasteiger partial charge >= 0.3 is 0 Å². The Morgan fingerprint density at radius 3 is 2.57 bits per heavy atom. The van der Waals surface area contributed by atoms with Gasteiger partial charge in [0, 0.05) is 0 Å². The first kappa shape index (κ1) is 15.4. The third-order valence-electron chi connectivity index (χ3n) is 3.69. The van der Waals surface area contributed by atoms with Crippen molar-refractivity contribution in [1.82, 2.24) is 9.55 Å². The number of benzene rings is 1.